The summed E-state index contributed by atoms with van der Waals surface area (Å²) in [5, 5.41) is 5.43. The average Bonchev–Trinajstić information content (AvgIpc) is 3.18. The number of aromatic nitrogens is 2. The SMILES string of the molecule is CNC(=O)C(NC(=O)c1nc(-c2ccc3c(c2)OC(F)(F)O3)n2c1CN(C)CCC2)C(C)(C)C. The molecule has 34 heavy (non-hydrogen) atoms. The Morgan fingerprint density at radius 1 is 1.18 bits per heavy atom. The number of likely N-dealkylation sites (N-methyl/N-ethyl adjacent to an activating group) is 1. The number of hydrogen-bond acceptors (Lipinski definition) is 6. The number of nitrogens with zero attached hydrogens (tertiary/aromatic N) is 3. The third-order valence-electron chi connectivity index (χ3n) is 5.94. The van der Waals surface area contributed by atoms with Crippen molar-refractivity contribution in [2.45, 2.75) is 52.6 Å². The second kappa shape index (κ2) is 8.53. The predicted molar refractivity (Wildman–Crippen MR) is 120 cm³/mol. The normalized spacial score (nSPS) is 18.1. The molecule has 0 saturated heterocycles. The van der Waals surface area contributed by atoms with Crippen molar-refractivity contribution in [2.24, 2.45) is 5.41 Å². The zero-order valence-corrected chi connectivity index (χ0v) is 19.9. The summed E-state index contributed by atoms with van der Waals surface area (Å²) < 4.78 is 38.0. The molecule has 1 aromatic carbocycles. The lowest BCUT2D eigenvalue weighted by Crippen LogP contribution is -2.53. The van der Waals surface area contributed by atoms with Crippen LogP contribution in [0.15, 0.2) is 18.2 Å². The molecule has 2 aliphatic heterocycles. The summed E-state index contributed by atoms with van der Waals surface area (Å²) >= 11 is 0. The van der Waals surface area contributed by atoms with E-state index >= 15 is 0 Å². The van der Waals surface area contributed by atoms with Crippen molar-refractivity contribution in [1.82, 2.24) is 25.1 Å². The van der Waals surface area contributed by atoms with Gasteiger partial charge < -0.3 is 29.6 Å². The molecule has 1 aromatic heterocycles. The van der Waals surface area contributed by atoms with Crippen LogP contribution in [0.5, 0.6) is 11.5 Å². The Morgan fingerprint density at radius 3 is 2.56 bits per heavy atom. The van der Waals surface area contributed by atoms with Crippen LogP contribution in [-0.2, 0) is 17.9 Å². The summed E-state index contributed by atoms with van der Waals surface area (Å²) in [7, 11) is 3.47. The van der Waals surface area contributed by atoms with Gasteiger partial charge in [-0.25, -0.2) is 4.98 Å². The molecular weight excluding hydrogens is 448 g/mol. The number of nitrogens with one attached hydrogen (secondary N) is 2. The van der Waals surface area contributed by atoms with Crippen LogP contribution in [0.1, 0.15) is 43.4 Å². The van der Waals surface area contributed by atoms with E-state index in [9.17, 15) is 18.4 Å². The monoisotopic (exact) mass is 477 g/mol. The minimum atomic E-state index is -3.72. The first kappa shape index (κ1) is 23.9. The summed E-state index contributed by atoms with van der Waals surface area (Å²) in [6.07, 6.45) is -2.90. The van der Waals surface area contributed by atoms with E-state index < -0.39 is 23.7 Å². The number of halogens is 2. The zero-order chi connectivity index (χ0) is 24.8. The van der Waals surface area contributed by atoms with Crippen LogP contribution in [0.3, 0.4) is 0 Å². The largest absolute Gasteiger partial charge is 0.586 e. The van der Waals surface area contributed by atoms with Gasteiger partial charge in [-0.3, -0.25) is 9.59 Å². The molecule has 0 radical (unpaired) electrons. The molecule has 0 aliphatic carbocycles. The van der Waals surface area contributed by atoms with Crippen LogP contribution in [0.25, 0.3) is 11.4 Å². The maximum Gasteiger partial charge on any atom is 0.586 e. The number of carbonyl (C=O) groups is 2. The van der Waals surface area contributed by atoms with Gasteiger partial charge in [-0.1, -0.05) is 20.8 Å². The molecule has 2 aromatic rings. The summed E-state index contributed by atoms with van der Waals surface area (Å²) in [6.45, 7) is 7.47. The van der Waals surface area contributed by atoms with Crippen molar-refractivity contribution in [2.75, 3.05) is 20.6 Å². The molecule has 184 valence electrons. The van der Waals surface area contributed by atoms with Crippen molar-refractivity contribution >= 4 is 11.8 Å². The molecule has 1 atom stereocenters. The van der Waals surface area contributed by atoms with E-state index in [1.165, 1.54) is 19.2 Å². The van der Waals surface area contributed by atoms with Gasteiger partial charge in [-0.05, 0) is 43.6 Å². The Morgan fingerprint density at radius 2 is 1.88 bits per heavy atom. The molecule has 0 saturated carbocycles. The van der Waals surface area contributed by atoms with E-state index in [1.54, 1.807) is 6.07 Å². The van der Waals surface area contributed by atoms with Gasteiger partial charge in [-0.2, -0.15) is 0 Å². The Labute approximate surface area is 196 Å². The van der Waals surface area contributed by atoms with Crippen molar-refractivity contribution in [3.63, 3.8) is 0 Å². The Bertz CT molecular complexity index is 1130. The van der Waals surface area contributed by atoms with Crippen LogP contribution < -0.4 is 20.1 Å². The van der Waals surface area contributed by atoms with Crippen LogP contribution in [0.2, 0.25) is 0 Å². The van der Waals surface area contributed by atoms with Crippen LogP contribution >= 0.6 is 0 Å². The fourth-order valence-corrected chi connectivity index (χ4v) is 4.23. The smallest absolute Gasteiger partial charge is 0.395 e. The number of rotatable bonds is 4. The van der Waals surface area contributed by atoms with Gasteiger partial charge in [0.05, 0.1) is 5.69 Å². The van der Waals surface area contributed by atoms with E-state index in [4.69, 9.17) is 0 Å². The first-order valence-electron chi connectivity index (χ1n) is 11.1. The molecule has 11 heteroatoms. The lowest BCUT2D eigenvalue weighted by atomic mass is 9.86. The topological polar surface area (TPSA) is 97.7 Å². The fraction of sp³-hybridized carbons (Fsp3) is 0.522. The molecule has 0 bridgehead atoms. The van der Waals surface area contributed by atoms with E-state index in [0.29, 0.717) is 30.2 Å². The Hall–Kier alpha value is -3.21. The lowest BCUT2D eigenvalue weighted by Gasteiger charge is -2.29. The summed E-state index contributed by atoms with van der Waals surface area (Å²) in [5.41, 5.74) is 0.878. The third-order valence-corrected chi connectivity index (χ3v) is 5.94. The highest BCUT2D eigenvalue weighted by molar-refractivity contribution is 5.98. The molecule has 1 unspecified atom stereocenters. The molecule has 0 fully saturated rings. The molecular formula is C23H29F2N5O4. The standard InChI is InChI=1S/C23H29F2N5O4/c1-22(2,3)18(21(32)26-4)28-20(31)17-14-12-29(5)9-6-10-30(14)19(27-17)13-7-8-15-16(11-13)34-23(24,25)33-15/h7-8,11,18H,6,9-10,12H2,1-5H3,(H,26,32)(H,28,31). The number of carbonyl (C=O) groups excluding carboxylic acids is 2. The molecule has 2 N–H and O–H groups in total. The van der Waals surface area contributed by atoms with Gasteiger partial charge in [0, 0.05) is 25.7 Å². The number of benzene rings is 1. The Balaban J connectivity index is 1.75. The van der Waals surface area contributed by atoms with Crippen LogP contribution in [0.4, 0.5) is 8.78 Å². The molecule has 2 amide bonds. The van der Waals surface area contributed by atoms with Gasteiger partial charge in [0.1, 0.15) is 11.9 Å². The number of hydrogen-bond donors (Lipinski definition) is 2. The molecule has 3 heterocycles. The van der Waals surface area contributed by atoms with Crippen molar-refractivity contribution in [3.8, 4) is 22.9 Å². The number of ether oxygens (including phenoxy) is 2. The second-order valence-electron chi connectivity index (χ2n) is 9.69. The number of fused-ring (bicyclic) bond motifs is 2. The van der Waals surface area contributed by atoms with Gasteiger partial charge in [0.15, 0.2) is 17.2 Å². The van der Waals surface area contributed by atoms with Crippen LogP contribution in [-0.4, -0.2) is 59.2 Å². The maximum atomic E-state index is 13.5. The number of alkyl halides is 2. The first-order chi connectivity index (χ1) is 15.9. The van der Waals surface area contributed by atoms with E-state index in [0.717, 1.165) is 13.0 Å². The minimum absolute atomic E-state index is 0.0623. The highest BCUT2D eigenvalue weighted by Crippen LogP contribution is 2.43. The van der Waals surface area contributed by atoms with E-state index in [-0.39, 0.29) is 23.1 Å². The van der Waals surface area contributed by atoms with Gasteiger partial charge >= 0.3 is 6.29 Å². The predicted octanol–water partition coefficient (Wildman–Crippen LogP) is 2.60. The second-order valence-corrected chi connectivity index (χ2v) is 9.69. The van der Waals surface area contributed by atoms with Gasteiger partial charge in [-0.15, -0.1) is 8.78 Å². The van der Waals surface area contributed by atoms with Crippen LogP contribution in [0, 0.1) is 5.41 Å². The zero-order valence-electron chi connectivity index (χ0n) is 19.9. The highest BCUT2D eigenvalue weighted by atomic mass is 19.3. The fourth-order valence-electron chi connectivity index (χ4n) is 4.23. The summed E-state index contributed by atoms with van der Waals surface area (Å²) in [5.74, 6) is -0.470. The van der Waals surface area contributed by atoms with Crippen molar-refractivity contribution < 1.29 is 27.8 Å². The minimum Gasteiger partial charge on any atom is -0.395 e. The lowest BCUT2D eigenvalue weighted by molar-refractivity contribution is -0.286. The van der Waals surface area contributed by atoms with E-state index in [2.05, 4.69) is 30.0 Å². The van der Waals surface area contributed by atoms with E-state index in [1.807, 2.05) is 32.4 Å². The first-order valence-corrected chi connectivity index (χ1v) is 11.1. The highest BCUT2D eigenvalue weighted by Gasteiger charge is 2.43. The van der Waals surface area contributed by atoms with Gasteiger partial charge in [0.2, 0.25) is 5.91 Å². The molecule has 4 rings (SSSR count). The number of amides is 2. The Kier molecular flexibility index (Phi) is 6.01. The maximum absolute atomic E-state index is 13.5. The quantitative estimate of drug-likeness (QED) is 0.703. The molecule has 2 aliphatic rings. The van der Waals surface area contributed by atoms with Crippen molar-refractivity contribution in [3.05, 3.63) is 29.6 Å². The molecule has 9 nitrogen and oxygen atoms in total. The molecule has 0 spiro atoms. The third kappa shape index (κ3) is 4.56. The summed E-state index contributed by atoms with van der Waals surface area (Å²) in [4.78, 5) is 32.6. The summed E-state index contributed by atoms with van der Waals surface area (Å²) in [6, 6.07) is 3.67. The number of imidazole rings is 1. The average molecular weight is 478 g/mol. The van der Waals surface area contributed by atoms with Crippen molar-refractivity contribution in [1.29, 1.82) is 0 Å². The van der Waals surface area contributed by atoms with Gasteiger partial charge in [0.25, 0.3) is 5.91 Å².